The summed E-state index contributed by atoms with van der Waals surface area (Å²) in [6.45, 7) is 2.35. The second-order valence-electron chi connectivity index (χ2n) is 6.69. The molecule has 1 fully saturated rings. The molecule has 2 aliphatic rings. The van der Waals surface area contributed by atoms with Crippen molar-refractivity contribution in [2.24, 2.45) is 11.7 Å². The molecule has 0 spiro atoms. The lowest BCUT2D eigenvalue weighted by Gasteiger charge is -2.32. The van der Waals surface area contributed by atoms with Gasteiger partial charge in [0.2, 0.25) is 0 Å². The second kappa shape index (κ2) is 6.28. The molecule has 1 saturated carbocycles. The van der Waals surface area contributed by atoms with E-state index < -0.39 is 0 Å². The first-order chi connectivity index (χ1) is 9.74. The van der Waals surface area contributed by atoms with Crippen LogP contribution in [0, 0.1) is 5.92 Å². The molecule has 0 amide bonds. The number of ether oxygens (including phenoxy) is 1. The van der Waals surface area contributed by atoms with Crippen LogP contribution in [0.4, 0.5) is 0 Å². The van der Waals surface area contributed by atoms with Gasteiger partial charge in [0.25, 0.3) is 0 Å². The van der Waals surface area contributed by atoms with Gasteiger partial charge in [-0.2, -0.15) is 0 Å². The summed E-state index contributed by atoms with van der Waals surface area (Å²) in [6.07, 6.45) is 9.17. The van der Waals surface area contributed by atoms with Crippen LogP contribution in [0.5, 0.6) is 0 Å². The smallest absolute Gasteiger partial charge is 0.0771 e. The lowest BCUT2D eigenvalue weighted by Crippen LogP contribution is -2.34. The van der Waals surface area contributed by atoms with Crippen molar-refractivity contribution in [1.82, 2.24) is 0 Å². The number of benzene rings is 1. The molecule has 2 heteroatoms. The third-order valence-corrected chi connectivity index (χ3v) is 5.01. The Hall–Kier alpha value is -0.860. The van der Waals surface area contributed by atoms with Gasteiger partial charge in [-0.15, -0.1) is 0 Å². The third kappa shape index (κ3) is 3.07. The molecule has 1 aromatic rings. The van der Waals surface area contributed by atoms with Gasteiger partial charge in [0.1, 0.15) is 0 Å². The van der Waals surface area contributed by atoms with Gasteiger partial charge in [0.15, 0.2) is 0 Å². The summed E-state index contributed by atoms with van der Waals surface area (Å²) in [5, 5.41) is 0. The lowest BCUT2D eigenvalue weighted by atomic mass is 9.88. The predicted molar refractivity (Wildman–Crippen MR) is 82.6 cm³/mol. The Morgan fingerprint density at radius 2 is 1.95 bits per heavy atom. The predicted octanol–water partition coefficient (Wildman–Crippen LogP) is 3.99. The van der Waals surface area contributed by atoms with Crippen LogP contribution < -0.4 is 5.73 Å². The average molecular weight is 273 g/mol. The molecule has 0 aliphatic heterocycles. The van der Waals surface area contributed by atoms with Gasteiger partial charge in [-0.25, -0.2) is 0 Å². The maximum atomic E-state index is 6.52. The number of nitrogens with two attached hydrogens (primary N) is 1. The van der Waals surface area contributed by atoms with Crippen molar-refractivity contribution >= 4 is 0 Å². The minimum atomic E-state index is 0.0472. The fourth-order valence-electron chi connectivity index (χ4n) is 3.86. The molecular formula is C18H27NO. The van der Waals surface area contributed by atoms with Crippen molar-refractivity contribution in [3.05, 3.63) is 35.4 Å². The zero-order chi connectivity index (χ0) is 13.9. The monoisotopic (exact) mass is 273 g/mol. The van der Waals surface area contributed by atoms with Gasteiger partial charge >= 0.3 is 0 Å². The number of rotatable bonds is 2. The molecule has 4 unspecified atom stereocenters. The van der Waals surface area contributed by atoms with Crippen LogP contribution in [0.3, 0.4) is 0 Å². The van der Waals surface area contributed by atoms with Crippen molar-refractivity contribution in [2.75, 3.05) is 0 Å². The zero-order valence-corrected chi connectivity index (χ0v) is 12.6. The van der Waals surface area contributed by atoms with Crippen molar-refractivity contribution in [1.29, 1.82) is 0 Å². The van der Waals surface area contributed by atoms with Gasteiger partial charge in [0.05, 0.1) is 18.2 Å². The first-order valence-corrected chi connectivity index (χ1v) is 8.23. The molecule has 2 N–H and O–H groups in total. The first kappa shape index (κ1) is 14.1. The minimum Gasteiger partial charge on any atom is -0.373 e. The van der Waals surface area contributed by atoms with Crippen LogP contribution in [0.2, 0.25) is 0 Å². The fraction of sp³-hybridized carbons (Fsp3) is 0.667. The highest BCUT2D eigenvalue weighted by atomic mass is 16.5. The van der Waals surface area contributed by atoms with E-state index >= 15 is 0 Å². The number of fused-ring (bicyclic) bond motifs is 1. The quantitative estimate of drug-likeness (QED) is 0.827. The molecule has 4 atom stereocenters. The van der Waals surface area contributed by atoms with Crippen molar-refractivity contribution in [3.63, 3.8) is 0 Å². The highest BCUT2D eigenvalue weighted by Crippen LogP contribution is 2.33. The molecule has 2 nitrogen and oxygen atoms in total. The minimum absolute atomic E-state index is 0.0472. The number of hydrogen-bond acceptors (Lipinski definition) is 2. The maximum absolute atomic E-state index is 6.52. The highest BCUT2D eigenvalue weighted by Gasteiger charge is 2.29. The van der Waals surface area contributed by atoms with E-state index in [4.69, 9.17) is 10.5 Å². The average Bonchev–Trinajstić information content (AvgIpc) is 2.60. The van der Waals surface area contributed by atoms with Gasteiger partial charge in [0, 0.05) is 0 Å². The van der Waals surface area contributed by atoms with E-state index in [1.807, 2.05) is 0 Å². The van der Waals surface area contributed by atoms with Crippen LogP contribution in [0.1, 0.15) is 62.6 Å². The molecular weight excluding hydrogens is 246 g/mol. The lowest BCUT2D eigenvalue weighted by molar-refractivity contribution is -0.0527. The van der Waals surface area contributed by atoms with E-state index in [-0.39, 0.29) is 12.1 Å². The van der Waals surface area contributed by atoms with E-state index in [1.165, 1.54) is 43.2 Å². The van der Waals surface area contributed by atoms with Crippen LogP contribution in [0.15, 0.2) is 24.3 Å². The van der Waals surface area contributed by atoms with Crippen molar-refractivity contribution in [2.45, 2.75) is 70.1 Å². The summed E-state index contributed by atoms with van der Waals surface area (Å²) in [5.74, 6) is 0.808. The Morgan fingerprint density at radius 1 is 1.10 bits per heavy atom. The molecule has 20 heavy (non-hydrogen) atoms. The van der Waals surface area contributed by atoms with Crippen molar-refractivity contribution < 1.29 is 4.74 Å². The van der Waals surface area contributed by atoms with E-state index in [2.05, 4.69) is 31.2 Å². The van der Waals surface area contributed by atoms with Gasteiger partial charge in [-0.05, 0) is 49.1 Å². The molecule has 1 aromatic carbocycles. The van der Waals surface area contributed by atoms with Gasteiger partial charge in [-0.1, -0.05) is 44.0 Å². The van der Waals surface area contributed by atoms with Crippen LogP contribution in [-0.2, 0) is 11.2 Å². The first-order valence-electron chi connectivity index (χ1n) is 8.23. The Labute approximate surface area is 122 Å². The Kier molecular flexibility index (Phi) is 4.42. The Bertz CT molecular complexity index is 445. The Morgan fingerprint density at radius 3 is 2.80 bits per heavy atom. The second-order valence-corrected chi connectivity index (χ2v) is 6.69. The number of aryl methyl sites for hydroxylation is 1. The normalized spacial score (nSPS) is 34.3. The summed E-state index contributed by atoms with van der Waals surface area (Å²) < 4.78 is 6.43. The SMILES string of the molecule is CC1CCCC(OC2CCCc3ccccc3C2N)C1. The molecule has 110 valence electrons. The molecule has 0 heterocycles. The molecule has 3 rings (SSSR count). The molecule has 0 radical (unpaired) electrons. The number of hydrogen-bond donors (Lipinski definition) is 1. The summed E-state index contributed by atoms with van der Waals surface area (Å²) in [4.78, 5) is 0. The fourth-order valence-corrected chi connectivity index (χ4v) is 3.86. The van der Waals surface area contributed by atoms with Crippen LogP contribution >= 0.6 is 0 Å². The van der Waals surface area contributed by atoms with Crippen molar-refractivity contribution in [3.8, 4) is 0 Å². The molecule has 0 aromatic heterocycles. The molecule has 0 bridgehead atoms. The third-order valence-electron chi connectivity index (χ3n) is 5.01. The maximum Gasteiger partial charge on any atom is 0.0771 e. The van der Waals surface area contributed by atoms with E-state index in [1.54, 1.807) is 0 Å². The van der Waals surface area contributed by atoms with E-state index in [9.17, 15) is 0 Å². The standard InChI is InChI=1S/C18H27NO/c1-13-6-4-9-15(12-13)20-17-11-5-8-14-7-2-3-10-16(14)18(17)19/h2-3,7,10,13,15,17-18H,4-6,8-9,11-12,19H2,1H3. The summed E-state index contributed by atoms with van der Waals surface area (Å²) in [6, 6.07) is 8.68. The summed E-state index contributed by atoms with van der Waals surface area (Å²) in [7, 11) is 0. The van der Waals surface area contributed by atoms with E-state index in [0.717, 1.165) is 18.8 Å². The van der Waals surface area contributed by atoms with Crippen LogP contribution in [0.25, 0.3) is 0 Å². The van der Waals surface area contributed by atoms with Gasteiger partial charge < -0.3 is 10.5 Å². The highest BCUT2D eigenvalue weighted by molar-refractivity contribution is 5.31. The van der Waals surface area contributed by atoms with Crippen LogP contribution in [-0.4, -0.2) is 12.2 Å². The topological polar surface area (TPSA) is 35.2 Å². The molecule has 0 saturated heterocycles. The summed E-state index contributed by atoms with van der Waals surface area (Å²) in [5.41, 5.74) is 9.24. The van der Waals surface area contributed by atoms with Gasteiger partial charge in [-0.3, -0.25) is 0 Å². The zero-order valence-electron chi connectivity index (χ0n) is 12.6. The summed E-state index contributed by atoms with van der Waals surface area (Å²) >= 11 is 0. The van der Waals surface area contributed by atoms with E-state index in [0.29, 0.717) is 6.10 Å². The Balaban J connectivity index is 1.70. The largest absolute Gasteiger partial charge is 0.373 e. The molecule has 2 aliphatic carbocycles.